The Bertz CT molecular complexity index is 667. The highest BCUT2D eigenvalue weighted by atomic mass is 35.5. The quantitative estimate of drug-likeness (QED) is 0.835. The molecule has 0 fully saturated rings. The van der Waals surface area contributed by atoms with Crippen LogP contribution in [0.5, 0.6) is 0 Å². The third-order valence-corrected chi connectivity index (χ3v) is 3.20. The van der Waals surface area contributed by atoms with Crippen molar-refractivity contribution in [1.82, 2.24) is 19.7 Å². The Balaban J connectivity index is 2.10. The van der Waals surface area contributed by atoms with Crippen LogP contribution in [0.3, 0.4) is 0 Å². The Hall–Kier alpha value is -1.96. The predicted octanol–water partition coefficient (Wildman–Crippen LogP) is 1.56. The molecular weight excluding hydrogens is 318 g/mol. The molecular formula is C15H20ClN5O2. The molecule has 0 aliphatic rings. The second-order valence-electron chi connectivity index (χ2n) is 6.03. The van der Waals surface area contributed by atoms with Crippen LogP contribution in [0.25, 0.3) is 5.69 Å². The first-order chi connectivity index (χ1) is 10.7. The Labute approximate surface area is 139 Å². The summed E-state index contributed by atoms with van der Waals surface area (Å²) in [5.74, 6) is -0.208. The lowest BCUT2D eigenvalue weighted by atomic mass is 10.1. The van der Waals surface area contributed by atoms with Crippen molar-refractivity contribution in [2.24, 2.45) is 0 Å². The molecule has 23 heavy (non-hydrogen) atoms. The molecule has 2 rings (SSSR count). The van der Waals surface area contributed by atoms with E-state index in [0.717, 1.165) is 0 Å². The van der Waals surface area contributed by atoms with Gasteiger partial charge in [0.05, 0.1) is 23.5 Å². The second-order valence-corrected chi connectivity index (χ2v) is 6.47. The number of hydrogen-bond acceptors (Lipinski definition) is 5. The third kappa shape index (κ3) is 5.31. The summed E-state index contributed by atoms with van der Waals surface area (Å²) in [5, 5.41) is 17.2. The average molecular weight is 338 g/mol. The third-order valence-electron chi connectivity index (χ3n) is 2.97. The van der Waals surface area contributed by atoms with E-state index in [1.54, 1.807) is 55.0 Å². The minimum absolute atomic E-state index is 0.146. The largest absolute Gasteiger partial charge is 0.389 e. The molecule has 124 valence electrons. The van der Waals surface area contributed by atoms with Crippen molar-refractivity contribution in [2.45, 2.75) is 19.4 Å². The van der Waals surface area contributed by atoms with E-state index in [4.69, 9.17) is 11.6 Å². The summed E-state index contributed by atoms with van der Waals surface area (Å²) in [6.45, 7) is 3.92. The van der Waals surface area contributed by atoms with Gasteiger partial charge in [0.25, 0.3) is 0 Å². The fraction of sp³-hybridized carbons (Fsp3) is 0.400. The van der Waals surface area contributed by atoms with Crippen LogP contribution in [0.15, 0.2) is 30.9 Å². The summed E-state index contributed by atoms with van der Waals surface area (Å²) in [4.78, 5) is 17.9. The van der Waals surface area contributed by atoms with Crippen molar-refractivity contribution in [3.8, 4) is 5.69 Å². The average Bonchev–Trinajstić information content (AvgIpc) is 2.89. The highest BCUT2D eigenvalue weighted by Gasteiger charge is 2.18. The number of likely N-dealkylation sites (N-methyl/N-ethyl adjacent to an activating group) is 1. The number of benzene rings is 1. The van der Waals surface area contributed by atoms with E-state index < -0.39 is 5.60 Å². The van der Waals surface area contributed by atoms with Gasteiger partial charge in [0.1, 0.15) is 12.7 Å². The Kier molecular flexibility index (Phi) is 5.35. The highest BCUT2D eigenvalue weighted by molar-refractivity contribution is 6.31. The molecule has 1 aromatic carbocycles. The monoisotopic (exact) mass is 337 g/mol. The number of anilines is 1. The van der Waals surface area contributed by atoms with E-state index in [-0.39, 0.29) is 12.5 Å². The number of carbonyl (C=O) groups is 1. The molecule has 0 spiro atoms. The zero-order valence-electron chi connectivity index (χ0n) is 13.3. The summed E-state index contributed by atoms with van der Waals surface area (Å²) in [6.07, 6.45) is 2.95. The molecule has 2 N–H and O–H groups in total. The summed E-state index contributed by atoms with van der Waals surface area (Å²) in [7, 11) is 1.77. The molecule has 0 saturated carbocycles. The molecule has 1 heterocycles. The van der Waals surface area contributed by atoms with E-state index in [2.05, 4.69) is 15.4 Å². The van der Waals surface area contributed by atoms with Crippen molar-refractivity contribution in [3.63, 3.8) is 0 Å². The minimum Gasteiger partial charge on any atom is -0.389 e. The summed E-state index contributed by atoms with van der Waals surface area (Å²) < 4.78 is 1.55. The fourth-order valence-corrected chi connectivity index (χ4v) is 2.46. The first kappa shape index (κ1) is 17.4. The van der Waals surface area contributed by atoms with Crippen LogP contribution in [0.2, 0.25) is 5.02 Å². The normalized spacial score (nSPS) is 11.7. The Morgan fingerprint density at radius 2 is 2.22 bits per heavy atom. The van der Waals surface area contributed by atoms with Gasteiger partial charge in [-0.05, 0) is 39.1 Å². The van der Waals surface area contributed by atoms with Gasteiger partial charge in [-0.1, -0.05) is 11.6 Å². The molecule has 0 atom stereocenters. The van der Waals surface area contributed by atoms with Gasteiger partial charge in [0, 0.05) is 11.6 Å². The van der Waals surface area contributed by atoms with Crippen LogP contribution >= 0.6 is 11.6 Å². The number of amides is 1. The maximum absolute atomic E-state index is 12.2. The number of carbonyl (C=O) groups excluding carboxylic acids is 1. The highest BCUT2D eigenvalue weighted by Crippen LogP contribution is 2.23. The number of aliphatic hydroxyl groups is 1. The molecule has 0 aliphatic heterocycles. The molecule has 1 aromatic heterocycles. The van der Waals surface area contributed by atoms with Crippen molar-refractivity contribution in [3.05, 3.63) is 35.9 Å². The number of nitrogens with zero attached hydrogens (tertiary/aromatic N) is 4. The number of rotatable bonds is 6. The first-order valence-electron chi connectivity index (χ1n) is 7.10. The lowest BCUT2D eigenvalue weighted by molar-refractivity contribution is -0.117. The molecule has 0 saturated heterocycles. The first-order valence-corrected chi connectivity index (χ1v) is 7.48. The number of halogens is 1. The van der Waals surface area contributed by atoms with E-state index in [1.165, 1.54) is 6.33 Å². The molecule has 7 nitrogen and oxygen atoms in total. The molecule has 0 bridgehead atoms. The summed E-state index contributed by atoms with van der Waals surface area (Å²) in [6, 6.07) is 5.13. The smallest absolute Gasteiger partial charge is 0.238 e. The van der Waals surface area contributed by atoms with Crippen molar-refractivity contribution in [1.29, 1.82) is 0 Å². The van der Waals surface area contributed by atoms with Gasteiger partial charge in [0.15, 0.2) is 0 Å². The fourth-order valence-electron chi connectivity index (χ4n) is 2.29. The van der Waals surface area contributed by atoms with Gasteiger partial charge >= 0.3 is 0 Å². The van der Waals surface area contributed by atoms with Gasteiger partial charge in [-0.2, -0.15) is 5.10 Å². The van der Waals surface area contributed by atoms with Gasteiger partial charge < -0.3 is 10.4 Å². The van der Waals surface area contributed by atoms with E-state index in [0.29, 0.717) is 22.9 Å². The number of aromatic nitrogens is 3. The van der Waals surface area contributed by atoms with E-state index in [1.807, 2.05) is 0 Å². The lowest BCUT2D eigenvalue weighted by Crippen LogP contribution is -2.40. The van der Waals surface area contributed by atoms with Gasteiger partial charge in [-0.25, -0.2) is 9.67 Å². The summed E-state index contributed by atoms with van der Waals surface area (Å²) in [5.41, 5.74) is 0.354. The maximum Gasteiger partial charge on any atom is 0.238 e. The Morgan fingerprint density at radius 3 is 2.83 bits per heavy atom. The zero-order chi connectivity index (χ0) is 17.0. The van der Waals surface area contributed by atoms with E-state index in [9.17, 15) is 9.90 Å². The van der Waals surface area contributed by atoms with Crippen LogP contribution < -0.4 is 5.32 Å². The minimum atomic E-state index is -0.864. The topological polar surface area (TPSA) is 83.3 Å². The van der Waals surface area contributed by atoms with E-state index >= 15 is 0 Å². The number of nitrogens with one attached hydrogen (secondary N) is 1. The van der Waals surface area contributed by atoms with Crippen molar-refractivity contribution >= 4 is 23.2 Å². The molecule has 0 aliphatic carbocycles. The molecule has 8 heteroatoms. The summed E-state index contributed by atoms with van der Waals surface area (Å²) >= 11 is 6.01. The van der Waals surface area contributed by atoms with Crippen LogP contribution in [-0.2, 0) is 4.79 Å². The molecule has 2 aromatic rings. The molecule has 0 unspecified atom stereocenters. The van der Waals surface area contributed by atoms with Crippen LogP contribution in [-0.4, -0.2) is 56.4 Å². The SMILES string of the molecule is CN(CC(=O)Nc1cc(Cl)ccc1-n1cncn1)CC(C)(C)O. The lowest BCUT2D eigenvalue weighted by Gasteiger charge is -2.25. The van der Waals surface area contributed by atoms with Crippen molar-refractivity contribution < 1.29 is 9.90 Å². The van der Waals surface area contributed by atoms with Crippen molar-refractivity contribution in [2.75, 3.05) is 25.5 Å². The van der Waals surface area contributed by atoms with Crippen LogP contribution in [0, 0.1) is 0 Å². The van der Waals surface area contributed by atoms with Gasteiger partial charge in [0.2, 0.25) is 5.91 Å². The zero-order valence-corrected chi connectivity index (χ0v) is 14.1. The van der Waals surface area contributed by atoms with Gasteiger partial charge in [-0.3, -0.25) is 9.69 Å². The van der Waals surface area contributed by atoms with Crippen LogP contribution in [0.1, 0.15) is 13.8 Å². The molecule has 1 amide bonds. The second kappa shape index (κ2) is 7.08. The number of hydrogen-bond donors (Lipinski definition) is 2. The standard InChI is InChI=1S/C15H20ClN5O2/c1-15(2,23)8-20(3)7-14(22)19-12-6-11(16)4-5-13(12)21-10-17-9-18-21/h4-6,9-10,23H,7-8H2,1-3H3,(H,19,22). The van der Waals surface area contributed by atoms with Gasteiger partial charge in [-0.15, -0.1) is 0 Å². The maximum atomic E-state index is 12.2. The predicted molar refractivity (Wildman–Crippen MR) is 88.8 cm³/mol. The Morgan fingerprint density at radius 1 is 1.48 bits per heavy atom. The van der Waals surface area contributed by atoms with Crippen LogP contribution in [0.4, 0.5) is 5.69 Å². The molecule has 0 radical (unpaired) electrons.